The van der Waals surface area contributed by atoms with Gasteiger partial charge in [0.25, 0.3) is 10.0 Å². The van der Waals surface area contributed by atoms with E-state index >= 15 is 0 Å². The molecule has 7 nitrogen and oxygen atoms in total. The lowest BCUT2D eigenvalue weighted by Gasteiger charge is -2.05. The number of oxazole rings is 1. The first-order valence-electron chi connectivity index (χ1n) is 5.10. The number of hydrogen-bond donors (Lipinski definition) is 2. The van der Waals surface area contributed by atoms with Crippen molar-refractivity contribution in [3.63, 3.8) is 0 Å². The molecule has 2 aromatic rings. The lowest BCUT2D eigenvalue weighted by Crippen LogP contribution is -2.13. The van der Waals surface area contributed by atoms with Crippen molar-refractivity contribution >= 4 is 21.9 Å². The molecule has 0 saturated carbocycles. The highest BCUT2D eigenvalue weighted by molar-refractivity contribution is 7.92. The van der Waals surface area contributed by atoms with Crippen molar-refractivity contribution in [1.82, 2.24) is 9.97 Å². The normalized spacial score (nSPS) is 11.2. The Morgan fingerprint density at radius 2 is 2.17 bits per heavy atom. The SMILES string of the molecule is CNc1cc(S(=O)(=O)Nc2nc(C)co2)ccn1. The number of nitrogens with one attached hydrogen (secondary N) is 2. The summed E-state index contributed by atoms with van der Waals surface area (Å²) in [6, 6.07) is 2.74. The summed E-state index contributed by atoms with van der Waals surface area (Å²) in [5.41, 5.74) is 0.596. The Kier molecular flexibility index (Phi) is 3.19. The van der Waals surface area contributed by atoms with E-state index in [1.54, 1.807) is 14.0 Å². The summed E-state index contributed by atoms with van der Waals surface area (Å²) in [5.74, 6) is 0.460. The molecular formula is C10H12N4O3S. The first-order valence-corrected chi connectivity index (χ1v) is 6.58. The van der Waals surface area contributed by atoms with E-state index in [0.29, 0.717) is 11.5 Å². The highest BCUT2D eigenvalue weighted by Gasteiger charge is 2.17. The van der Waals surface area contributed by atoms with E-state index in [0.717, 1.165) is 0 Å². The molecule has 0 unspecified atom stereocenters. The number of aromatic nitrogens is 2. The second-order valence-corrected chi connectivity index (χ2v) is 5.21. The zero-order chi connectivity index (χ0) is 13.2. The van der Waals surface area contributed by atoms with Gasteiger partial charge in [-0.05, 0) is 13.0 Å². The van der Waals surface area contributed by atoms with Gasteiger partial charge in [-0.15, -0.1) is 0 Å². The summed E-state index contributed by atoms with van der Waals surface area (Å²) in [7, 11) is -2.06. The minimum absolute atomic E-state index is 0.0599. The molecule has 0 aliphatic rings. The monoisotopic (exact) mass is 268 g/mol. The van der Waals surface area contributed by atoms with E-state index in [9.17, 15) is 8.42 Å². The molecule has 0 radical (unpaired) electrons. The Balaban J connectivity index is 2.30. The second-order valence-electron chi connectivity index (χ2n) is 3.53. The molecular weight excluding hydrogens is 256 g/mol. The van der Waals surface area contributed by atoms with E-state index in [-0.39, 0.29) is 10.9 Å². The summed E-state index contributed by atoms with van der Waals surface area (Å²) < 4.78 is 31.2. The number of rotatable bonds is 4. The Bertz CT molecular complexity index is 651. The minimum atomic E-state index is -3.72. The molecule has 96 valence electrons. The second kappa shape index (κ2) is 4.65. The lowest BCUT2D eigenvalue weighted by atomic mass is 10.5. The summed E-state index contributed by atoms with van der Waals surface area (Å²) in [6.45, 7) is 1.70. The van der Waals surface area contributed by atoms with Crippen molar-refractivity contribution in [2.75, 3.05) is 17.1 Å². The zero-order valence-corrected chi connectivity index (χ0v) is 10.7. The van der Waals surface area contributed by atoms with Gasteiger partial charge in [-0.25, -0.2) is 18.1 Å². The maximum Gasteiger partial charge on any atom is 0.309 e. The van der Waals surface area contributed by atoms with E-state index < -0.39 is 10.0 Å². The summed E-state index contributed by atoms with van der Waals surface area (Å²) in [5, 5.41) is 2.77. The maximum absolute atomic E-state index is 12.0. The Labute approximate surface area is 104 Å². The Morgan fingerprint density at radius 1 is 1.39 bits per heavy atom. The van der Waals surface area contributed by atoms with Gasteiger partial charge in [-0.2, -0.15) is 4.98 Å². The highest BCUT2D eigenvalue weighted by atomic mass is 32.2. The topological polar surface area (TPSA) is 97.1 Å². The van der Waals surface area contributed by atoms with Crippen molar-refractivity contribution < 1.29 is 12.8 Å². The van der Waals surface area contributed by atoms with Crippen LogP contribution in [0.1, 0.15) is 5.69 Å². The molecule has 0 fully saturated rings. The third kappa shape index (κ3) is 2.59. The summed E-state index contributed by atoms with van der Waals surface area (Å²) >= 11 is 0. The van der Waals surface area contributed by atoms with Crippen LogP contribution in [0.5, 0.6) is 0 Å². The molecule has 2 rings (SSSR count). The van der Waals surface area contributed by atoms with Crippen LogP contribution in [0.4, 0.5) is 11.8 Å². The van der Waals surface area contributed by atoms with Crippen LogP contribution in [0.15, 0.2) is 33.9 Å². The summed E-state index contributed by atoms with van der Waals surface area (Å²) in [4.78, 5) is 7.90. The van der Waals surface area contributed by atoms with Gasteiger partial charge in [0.15, 0.2) is 0 Å². The molecule has 0 saturated heterocycles. The number of sulfonamides is 1. The molecule has 0 aromatic carbocycles. The van der Waals surface area contributed by atoms with Crippen LogP contribution in [0, 0.1) is 6.92 Å². The average molecular weight is 268 g/mol. The van der Waals surface area contributed by atoms with Crippen LogP contribution in [0.25, 0.3) is 0 Å². The highest BCUT2D eigenvalue weighted by Crippen LogP contribution is 2.16. The maximum atomic E-state index is 12.0. The molecule has 0 atom stereocenters. The molecule has 0 aliphatic heterocycles. The average Bonchev–Trinajstić information content (AvgIpc) is 2.74. The number of aryl methyl sites for hydroxylation is 1. The van der Waals surface area contributed by atoms with Crippen molar-refractivity contribution in [3.05, 3.63) is 30.3 Å². The van der Waals surface area contributed by atoms with Gasteiger partial charge in [0.05, 0.1) is 10.6 Å². The third-order valence-corrected chi connectivity index (χ3v) is 3.46. The quantitative estimate of drug-likeness (QED) is 0.865. The molecule has 18 heavy (non-hydrogen) atoms. The van der Waals surface area contributed by atoms with Crippen molar-refractivity contribution in [3.8, 4) is 0 Å². The fourth-order valence-corrected chi connectivity index (χ4v) is 2.24. The van der Waals surface area contributed by atoms with Gasteiger partial charge in [0.2, 0.25) is 0 Å². The van der Waals surface area contributed by atoms with Crippen LogP contribution < -0.4 is 10.0 Å². The van der Waals surface area contributed by atoms with Gasteiger partial charge in [0, 0.05) is 19.3 Å². The summed E-state index contributed by atoms with van der Waals surface area (Å²) in [6.07, 6.45) is 2.77. The van der Waals surface area contributed by atoms with Gasteiger partial charge >= 0.3 is 6.01 Å². The molecule has 2 N–H and O–H groups in total. The Hall–Kier alpha value is -2.09. The number of anilines is 2. The first kappa shape index (κ1) is 12.4. The molecule has 0 bridgehead atoms. The third-order valence-electron chi connectivity index (χ3n) is 2.14. The largest absolute Gasteiger partial charge is 0.431 e. The van der Waals surface area contributed by atoms with E-state index in [1.807, 2.05) is 0 Å². The van der Waals surface area contributed by atoms with Crippen molar-refractivity contribution in [1.29, 1.82) is 0 Å². The van der Waals surface area contributed by atoms with Crippen LogP contribution in [0.2, 0.25) is 0 Å². The number of nitrogens with zero attached hydrogens (tertiary/aromatic N) is 2. The first-order chi connectivity index (χ1) is 8.51. The van der Waals surface area contributed by atoms with Crippen LogP contribution >= 0.6 is 0 Å². The zero-order valence-electron chi connectivity index (χ0n) is 9.84. The van der Waals surface area contributed by atoms with Gasteiger partial charge in [-0.1, -0.05) is 0 Å². The molecule has 8 heteroatoms. The smallest absolute Gasteiger partial charge is 0.309 e. The molecule has 2 aromatic heterocycles. The molecule has 0 aliphatic carbocycles. The van der Waals surface area contributed by atoms with E-state index in [2.05, 4.69) is 20.0 Å². The number of pyridine rings is 1. The Morgan fingerprint density at radius 3 is 2.78 bits per heavy atom. The predicted octanol–water partition coefficient (Wildman–Crippen LogP) is 1.22. The van der Waals surface area contributed by atoms with Gasteiger partial charge in [0.1, 0.15) is 12.1 Å². The standard InChI is InChI=1S/C10H12N4O3S/c1-7-6-17-10(13-7)14-18(15,16)8-3-4-12-9(5-8)11-2/h3-6H,1-2H3,(H,11,12)(H,13,14). The fraction of sp³-hybridized carbons (Fsp3) is 0.200. The van der Waals surface area contributed by atoms with Crippen LogP contribution in [-0.2, 0) is 10.0 Å². The van der Waals surface area contributed by atoms with Gasteiger partial charge < -0.3 is 9.73 Å². The molecule has 2 heterocycles. The van der Waals surface area contributed by atoms with Crippen molar-refractivity contribution in [2.45, 2.75) is 11.8 Å². The van der Waals surface area contributed by atoms with Crippen molar-refractivity contribution in [2.24, 2.45) is 0 Å². The van der Waals surface area contributed by atoms with E-state index in [4.69, 9.17) is 4.42 Å². The molecule has 0 amide bonds. The lowest BCUT2D eigenvalue weighted by molar-refractivity contribution is 0.569. The van der Waals surface area contributed by atoms with Crippen LogP contribution in [-0.4, -0.2) is 25.4 Å². The number of hydrogen-bond acceptors (Lipinski definition) is 6. The van der Waals surface area contributed by atoms with E-state index in [1.165, 1.54) is 24.6 Å². The van der Waals surface area contributed by atoms with Gasteiger partial charge in [-0.3, -0.25) is 0 Å². The molecule has 0 spiro atoms. The van der Waals surface area contributed by atoms with Crippen LogP contribution in [0.3, 0.4) is 0 Å². The fourth-order valence-electron chi connectivity index (χ4n) is 1.29. The predicted molar refractivity (Wildman–Crippen MR) is 65.8 cm³/mol. The minimum Gasteiger partial charge on any atom is -0.431 e.